The van der Waals surface area contributed by atoms with Gasteiger partial charge in [0.25, 0.3) is 5.91 Å². The molecule has 1 heterocycles. The Morgan fingerprint density at radius 2 is 2.30 bits per heavy atom. The molecule has 0 spiro atoms. The fraction of sp³-hybridized carbons (Fsp3) is 0.333. The van der Waals surface area contributed by atoms with Crippen LogP contribution in [0.2, 0.25) is 0 Å². The number of rotatable bonds is 4. The Morgan fingerprint density at radius 1 is 1.50 bits per heavy atom. The molecule has 20 heavy (non-hydrogen) atoms. The number of nitriles is 1. The van der Waals surface area contributed by atoms with E-state index in [0.29, 0.717) is 30.3 Å². The summed E-state index contributed by atoms with van der Waals surface area (Å²) in [6.07, 6.45) is 4.16. The Morgan fingerprint density at radius 3 is 3.00 bits per heavy atom. The van der Waals surface area contributed by atoms with Crippen molar-refractivity contribution < 1.29 is 4.79 Å². The van der Waals surface area contributed by atoms with Gasteiger partial charge in [0.1, 0.15) is 0 Å². The van der Waals surface area contributed by atoms with Crippen molar-refractivity contribution in [3.8, 4) is 6.07 Å². The van der Waals surface area contributed by atoms with Gasteiger partial charge in [-0.2, -0.15) is 5.26 Å². The number of nitrogens with one attached hydrogen (secondary N) is 1. The standard InChI is InChI=1S/C15H16N4O/c16-6-1-7-19(11-3-4-11)15(20)13-9-18-14-5-2-10(17)8-12(13)14/h2,5,8-9,11,18H,1,3-4,7,17H2. The number of benzene rings is 1. The molecule has 1 aliphatic rings. The highest BCUT2D eigenvalue weighted by atomic mass is 16.2. The van der Waals surface area contributed by atoms with Gasteiger partial charge in [-0.25, -0.2) is 0 Å². The summed E-state index contributed by atoms with van der Waals surface area (Å²) in [5.74, 6) is -0.0143. The maximum Gasteiger partial charge on any atom is 0.256 e. The van der Waals surface area contributed by atoms with Gasteiger partial charge < -0.3 is 15.6 Å². The monoisotopic (exact) mass is 268 g/mol. The highest BCUT2D eigenvalue weighted by Crippen LogP contribution is 2.30. The topological polar surface area (TPSA) is 85.9 Å². The Hall–Kier alpha value is -2.48. The van der Waals surface area contributed by atoms with Gasteiger partial charge in [-0.05, 0) is 31.0 Å². The Labute approximate surface area is 117 Å². The van der Waals surface area contributed by atoms with E-state index in [0.717, 1.165) is 23.7 Å². The van der Waals surface area contributed by atoms with Gasteiger partial charge in [-0.3, -0.25) is 4.79 Å². The van der Waals surface area contributed by atoms with Gasteiger partial charge in [0.15, 0.2) is 0 Å². The molecule has 3 N–H and O–H groups in total. The van der Waals surface area contributed by atoms with Crippen molar-refractivity contribution in [1.82, 2.24) is 9.88 Å². The molecule has 1 saturated carbocycles. The van der Waals surface area contributed by atoms with Crippen LogP contribution in [-0.4, -0.2) is 28.4 Å². The van der Waals surface area contributed by atoms with Gasteiger partial charge in [0, 0.05) is 35.4 Å². The summed E-state index contributed by atoms with van der Waals surface area (Å²) in [4.78, 5) is 17.6. The van der Waals surface area contributed by atoms with Crippen molar-refractivity contribution in [2.24, 2.45) is 0 Å². The average molecular weight is 268 g/mol. The first-order valence-corrected chi connectivity index (χ1v) is 6.75. The van der Waals surface area contributed by atoms with Crippen LogP contribution in [0.15, 0.2) is 24.4 Å². The third-order valence-electron chi connectivity index (χ3n) is 3.65. The molecular weight excluding hydrogens is 252 g/mol. The van der Waals surface area contributed by atoms with E-state index in [2.05, 4.69) is 11.1 Å². The largest absolute Gasteiger partial charge is 0.399 e. The number of hydrogen-bond acceptors (Lipinski definition) is 3. The summed E-state index contributed by atoms with van der Waals surface area (Å²) < 4.78 is 0. The molecular formula is C15H16N4O. The SMILES string of the molecule is N#CCCN(C(=O)c1c[nH]c2ccc(N)cc12)C1CC1. The number of aromatic amines is 1. The van der Waals surface area contributed by atoms with Crippen molar-refractivity contribution in [3.63, 3.8) is 0 Å². The molecule has 0 saturated heterocycles. The first-order valence-electron chi connectivity index (χ1n) is 6.75. The van der Waals surface area contributed by atoms with E-state index < -0.39 is 0 Å². The number of nitrogens with zero attached hydrogens (tertiary/aromatic N) is 2. The lowest BCUT2D eigenvalue weighted by Crippen LogP contribution is -2.33. The summed E-state index contributed by atoms with van der Waals surface area (Å²) in [5, 5.41) is 9.57. The number of fused-ring (bicyclic) bond motifs is 1. The summed E-state index contributed by atoms with van der Waals surface area (Å²) in [6, 6.07) is 7.89. The normalized spacial score (nSPS) is 14.2. The minimum Gasteiger partial charge on any atom is -0.399 e. The van der Waals surface area contributed by atoms with Crippen LogP contribution in [0.3, 0.4) is 0 Å². The molecule has 2 aromatic rings. The van der Waals surface area contributed by atoms with E-state index in [1.54, 1.807) is 12.3 Å². The van der Waals surface area contributed by atoms with Gasteiger partial charge in [-0.15, -0.1) is 0 Å². The third-order valence-corrected chi connectivity index (χ3v) is 3.65. The zero-order valence-electron chi connectivity index (χ0n) is 11.1. The van der Waals surface area contributed by atoms with Gasteiger partial charge in [0.05, 0.1) is 18.1 Å². The first kappa shape index (κ1) is 12.5. The number of carbonyl (C=O) groups is 1. The molecule has 0 atom stereocenters. The van der Waals surface area contributed by atoms with Crippen LogP contribution < -0.4 is 5.73 Å². The van der Waals surface area contributed by atoms with E-state index in [1.807, 2.05) is 17.0 Å². The molecule has 0 aliphatic heterocycles. The van der Waals surface area contributed by atoms with Gasteiger partial charge >= 0.3 is 0 Å². The number of nitrogens with two attached hydrogens (primary N) is 1. The van der Waals surface area contributed by atoms with Gasteiger partial charge in [0.2, 0.25) is 0 Å². The molecule has 1 fully saturated rings. The smallest absolute Gasteiger partial charge is 0.256 e. The first-order chi connectivity index (χ1) is 9.70. The Balaban J connectivity index is 1.94. The number of amides is 1. The van der Waals surface area contributed by atoms with Crippen molar-refractivity contribution in [2.45, 2.75) is 25.3 Å². The molecule has 3 rings (SSSR count). The Bertz CT molecular complexity index is 693. The zero-order chi connectivity index (χ0) is 14.1. The molecule has 1 aliphatic carbocycles. The molecule has 1 amide bonds. The second-order valence-electron chi connectivity index (χ2n) is 5.15. The lowest BCUT2D eigenvalue weighted by Gasteiger charge is -2.20. The van der Waals surface area contributed by atoms with Gasteiger partial charge in [-0.1, -0.05) is 0 Å². The summed E-state index contributed by atoms with van der Waals surface area (Å²) >= 11 is 0. The number of hydrogen-bond donors (Lipinski definition) is 2. The number of carbonyl (C=O) groups excluding carboxylic acids is 1. The van der Waals surface area contributed by atoms with Crippen LogP contribution in [0.4, 0.5) is 5.69 Å². The van der Waals surface area contributed by atoms with Crippen LogP contribution in [0, 0.1) is 11.3 Å². The molecule has 5 heteroatoms. The van der Waals surface area contributed by atoms with E-state index >= 15 is 0 Å². The lowest BCUT2D eigenvalue weighted by atomic mass is 10.1. The molecule has 0 radical (unpaired) electrons. The van der Waals surface area contributed by atoms with Crippen molar-refractivity contribution >= 4 is 22.5 Å². The van der Waals surface area contributed by atoms with E-state index in [-0.39, 0.29) is 5.91 Å². The predicted octanol–water partition coefficient (Wildman–Crippen LogP) is 2.27. The minimum atomic E-state index is -0.0143. The highest BCUT2D eigenvalue weighted by molar-refractivity contribution is 6.07. The van der Waals surface area contributed by atoms with Crippen LogP contribution in [-0.2, 0) is 0 Å². The fourth-order valence-electron chi connectivity index (χ4n) is 2.48. The minimum absolute atomic E-state index is 0.0143. The van der Waals surface area contributed by atoms with E-state index in [1.165, 1.54) is 0 Å². The molecule has 0 bridgehead atoms. The van der Waals surface area contributed by atoms with Crippen molar-refractivity contribution in [3.05, 3.63) is 30.0 Å². The quantitative estimate of drug-likeness (QED) is 0.834. The second-order valence-corrected chi connectivity index (χ2v) is 5.15. The Kier molecular flexibility index (Phi) is 3.07. The maximum atomic E-state index is 12.7. The predicted molar refractivity (Wildman–Crippen MR) is 77.0 cm³/mol. The number of aromatic nitrogens is 1. The summed E-state index contributed by atoms with van der Waals surface area (Å²) in [5.41, 5.74) is 7.98. The average Bonchev–Trinajstić information content (AvgIpc) is 3.18. The molecule has 102 valence electrons. The van der Waals surface area contributed by atoms with Crippen LogP contribution in [0.1, 0.15) is 29.6 Å². The second kappa shape index (κ2) is 4.89. The zero-order valence-corrected chi connectivity index (χ0v) is 11.1. The molecule has 5 nitrogen and oxygen atoms in total. The number of anilines is 1. The van der Waals surface area contributed by atoms with Crippen LogP contribution >= 0.6 is 0 Å². The number of nitrogen functional groups attached to an aromatic ring is 1. The van der Waals surface area contributed by atoms with E-state index in [4.69, 9.17) is 11.0 Å². The summed E-state index contributed by atoms with van der Waals surface area (Å²) in [6.45, 7) is 0.495. The van der Waals surface area contributed by atoms with E-state index in [9.17, 15) is 4.79 Å². The number of H-pyrrole nitrogens is 1. The lowest BCUT2D eigenvalue weighted by molar-refractivity contribution is 0.0749. The highest BCUT2D eigenvalue weighted by Gasteiger charge is 2.33. The van der Waals surface area contributed by atoms with Crippen molar-refractivity contribution in [1.29, 1.82) is 5.26 Å². The fourth-order valence-corrected chi connectivity index (χ4v) is 2.48. The van der Waals surface area contributed by atoms with Crippen LogP contribution in [0.5, 0.6) is 0 Å². The van der Waals surface area contributed by atoms with Crippen molar-refractivity contribution in [2.75, 3.05) is 12.3 Å². The summed E-state index contributed by atoms with van der Waals surface area (Å²) in [7, 11) is 0. The van der Waals surface area contributed by atoms with Crippen LogP contribution in [0.25, 0.3) is 10.9 Å². The maximum absolute atomic E-state index is 12.7. The molecule has 1 aromatic carbocycles. The third kappa shape index (κ3) is 2.21. The molecule has 1 aromatic heterocycles. The molecule has 0 unspecified atom stereocenters.